The zero-order chi connectivity index (χ0) is 21.8. The van der Waals surface area contributed by atoms with Crippen LogP contribution in [0.5, 0.6) is 0 Å². The summed E-state index contributed by atoms with van der Waals surface area (Å²) in [4.78, 5) is 9.33. The van der Waals surface area contributed by atoms with Crippen LogP contribution in [0.3, 0.4) is 0 Å². The van der Waals surface area contributed by atoms with Crippen molar-refractivity contribution in [3.8, 4) is 11.3 Å². The first-order valence-corrected chi connectivity index (χ1v) is 18.4. The molecule has 0 saturated heterocycles. The van der Waals surface area contributed by atoms with Gasteiger partial charge in [0, 0.05) is 0 Å². The van der Waals surface area contributed by atoms with Gasteiger partial charge in [-0.2, -0.15) is 0 Å². The van der Waals surface area contributed by atoms with Crippen molar-refractivity contribution in [2.45, 2.75) is 37.5 Å². The van der Waals surface area contributed by atoms with Crippen LogP contribution < -0.4 is 4.40 Å². The Morgan fingerprint density at radius 2 is 1.65 bits per heavy atom. The normalized spacial score (nSPS) is 12.5. The van der Waals surface area contributed by atoms with E-state index >= 15 is 0 Å². The van der Waals surface area contributed by atoms with Gasteiger partial charge in [0.1, 0.15) is 0 Å². The average Bonchev–Trinajstić information content (AvgIpc) is 3.12. The van der Waals surface area contributed by atoms with Crippen LogP contribution in [0, 0.1) is 5.92 Å². The third kappa shape index (κ3) is 3.55. The number of benzene rings is 3. The fourth-order valence-corrected chi connectivity index (χ4v) is 7.94. The third-order valence-corrected chi connectivity index (χ3v) is 10.2. The van der Waals surface area contributed by atoms with Crippen molar-refractivity contribution in [2.75, 3.05) is 0 Å². The van der Waals surface area contributed by atoms with Gasteiger partial charge in [0.05, 0.1) is 0 Å². The molecule has 2 heterocycles. The van der Waals surface area contributed by atoms with E-state index in [0.717, 1.165) is 39.7 Å². The Hall–Kier alpha value is -2.66. The van der Waals surface area contributed by atoms with Gasteiger partial charge in [-0.25, -0.2) is 0 Å². The molecule has 3 aromatic carbocycles. The van der Waals surface area contributed by atoms with Crippen molar-refractivity contribution in [2.24, 2.45) is 5.92 Å². The van der Waals surface area contributed by atoms with E-state index in [1.807, 2.05) is 0 Å². The monoisotopic (exact) mass is 470 g/mol. The Morgan fingerprint density at radius 1 is 0.871 bits per heavy atom. The molecule has 0 aliphatic rings. The molecule has 0 aliphatic heterocycles. The number of hydrogen-bond acceptors (Lipinski definition) is 3. The predicted octanol–water partition coefficient (Wildman–Crippen LogP) is 6.94. The Labute approximate surface area is 185 Å². The quantitative estimate of drug-likeness (QED) is 0.268. The summed E-state index contributed by atoms with van der Waals surface area (Å²) in [6.45, 7) is 4.47. The van der Waals surface area contributed by atoms with Crippen LogP contribution in [-0.2, 0) is 6.42 Å². The van der Waals surface area contributed by atoms with Crippen molar-refractivity contribution in [3.63, 3.8) is 0 Å². The first-order chi connectivity index (χ1) is 14.8. The molecule has 0 bridgehead atoms. The summed E-state index contributed by atoms with van der Waals surface area (Å²) in [5.41, 5.74) is 5.87. The molecule has 2 aromatic heterocycles. The van der Waals surface area contributed by atoms with E-state index < -0.39 is 13.3 Å². The van der Waals surface area contributed by atoms with E-state index in [4.69, 9.17) is 9.40 Å². The number of para-hydroxylation sites is 1. The fraction of sp³-hybridized carbons (Fsp3) is 0.259. The molecule has 0 N–H and O–H groups in total. The van der Waals surface area contributed by atoms with Crippen LogP contribution in [0.1, 0.15) is 19.4 Å². The number of rotatable bonds is 4. The first kappa shape index (κ1) is 20.3. The van der Waals surface area contributed by atoms with E-state index in [2.05, 4.69) is 90.7 Å². The molecule has 5 aromatic rings. The van der Waals surface area contributed by atoms with Gasteiger partial charge in [0.2, 0.25) is 0 Å². The van der Waals surface area contributed by atoms with Gasteiger partial charge in [0.25, 0.3) is 0 Å². The maximum atomic E-state index is 6.50. The summed E-state index contributed by atoms with van der Waals surface area (Å²) >= 11 is -2.11. The second-order valence-electron chi connectivity index (χ2n) is 9.89. The molecule has 5 rings (SSSR count). The third-order valence-electron chi connectivity index (χ3n) is 5.93. The van der Waals surface area contributed by atoms with Gasteiger partial charge in [0.15, 0.2) is 0 Å². The van der Waals surface area contributed by atoms with E-state index in [9.17, 15) is 0 Å². The van der Waals surface area contributed by atoms with Gasteiger partial charge >= 0.3 is 186 Å². The molecule has 0 saturated carbocycles. The number of furan rings is 1. The zero-order valence-electron chi connectivity index (χ0n) is 18.9. The zero-order valence-corrected chi connectivity index (χ0v) is 21.0. The van der Waals surface area contributed by atoms with E-state index in [-0.39, 0.29) is 0 Å². The van der Waals surface area contributed by atoms with Gasteiger partial charge in [-0.15, -0.1) is 0 Å². The van der Waals surface area contributed by atoms with Crippen LogP contribution in [0.15, 0.2) is 65.3 Å². The molecule has 4 heteroatoms. The number of nitrogens with zero attached hydrogens (tertiary/aromatic N) is 2. The molecule has 31 heavy (non-hydrogen) atoms. The van der Waals surface area contributed by atoms with Crippen molar-refractivity contribution in [3.05, 3.63) is 66.5 Å². The Balaban J connectivity index is 1.81. The Kier molecular flexibility index (Phi) is 4.89. The fourth-order valence-electron chi connectivity index (χ4n) is 4.53. The topological polar surface area (TPSA) is 38.9 Å². The molecule has 156 valence electrons. The summed E-state index contributed by atoms with van der Waals surface area (Å²) in [6, 6.07) is 19.7. The maximum absolute atomic E-state index is 6.50. The molecule has 0 spiro atoms. The minimum absolute atomic E-state index is 0.561. The van der Waals surface area contributed by atoms with Gasteiger partial charge in [-0.3, -0.25) is 0 Å². The van der Waals surface area contributed by atoms with Crippen LogP contribution in [0.2, 0.25) is 17.3 Å². The number of aromatic nitrogens is 2. The molecular formula is C27H28GeN2O. The van der Waals surface area contributed by atoms with Crippen LogP contribution >= 0.6 is 0 Å². The molecule has 0 fully saturated rings. The SMILES string of the molecule is CC(C)Cc1cccc2c1oc1c(-c3c[c]([Ge]([CH3])([CH3])[CH3])c4ccccc4c3)ncnc12. The van der Waals surface area contributed by atoms with Gasteiger partial charge in [-0.05, 0) is 0 Å². The standard InChI is InChI=1S/C27H28GeN2O/c1-17(2)13-19-10-8-12-22-25-27(31-26(19)22)24(29-16-30-25)20-14-18-9-6-7-11-21(18)23(15-20)28(3,4)5/h6-12,14-17H,13H2,1-5H3. The van der Waals surface area contributed by atoms with E-state index in [0.29, 0.717) is 5.92 Å². The number of fused-ring (bicyclic) bond motifs is 4. The van der Waals surface area contributed by atoms with Gasteiger partial charge in [-0.1, -0.05) is 0 Å². The van der Waals surface area contributed by atoms with Crippen LogP contribution in [-0.4, -0.2) is 23.2 Å². The second kappa shape index (κ2) is 7.49. The molecule has 0 radical (unpaired) electrons. The van der Waals surface area contributed by atoms with Crippen molar-refractivity contribution in [1.82, 2.24) is 9.97 Å². The molecule has 0 unspecified atom stereocenters. The average molecular weight is 469 g/mol. The number of hydrogen-bond donors (Lipinski definition) is 0. The summed E-state index contributed by atoms with van der Waals surface area (Å²) in [7, 11) is 0. The van der Waals surface area contributed by atoms with Crippen LogP contribution in [0.4, 0.5) is 0 Å². The van der Waals surface area contributed by atoms with Crippen LogP contribution in [0.25, 0.3) is 44.1 Å². The molecule has 0 aliphatic carbocycles. The van der Waals surface area contributed by atoms with E-state index in [1.165, 1.54) is 20.7 Å². The van der Waals surface area contributed by atoms with Crippen molar-refractivity contribution in [1.29, 1.82) is 0 Å². The Morgan fingerprint density at radius 3 is 2.42 bits per heavy atom. The minimum atomic E-state index is -2.11. The predicted molar refractivity (Wildman–Crippen MR) is 134 cm³/mol. The molecule has 3 nitrogen and oxygen atoms in total. The second-order valence-corrected chi connectivity index (χ2v) is 20.5. The first-order valence-electron chi connectivity index (χ1n) is 11.0. The molecule has 0 amide bonds. The molecule has 0 atom stereocenters. The summed E-state index contributed by atoms with van der Waals surface area (Å²) in [5, 5.41) is 3.71. The molecular weight excluding hydrogens is 441 g/mol. The summed E-state index contributed by atoms with van der Waals surface area (Å²) < 4.78 is 7.99. The van der Waals surface area contributed by atoms with Gasteiger partial charge < -0.3 is 0 Å². The summed E-state index contributed by atoms with van der Waals surface area (Å²) in [5.74, 6) is 7.90. The summed E-state index contributed by atoms with van der Waals surface area (Å²) in [6.07, 6.45) is 2.66. The van der Waals surface area contributed by atoms with E-state index in [1.54, 1.807) is 6.33 Å². The van der Waals surface area contributed by atoms with Crippen molar-refractivity contribution >= 4 is 50.5 Å². The van der Waals surface area contributed by atoms with Crippen molar-refractivity contribution < 1.29 is 4.42 Å². The Bertz CT molecular complexity index is 1430.